The third kappa shape index (κ3) is 4.31. The second kappa shape index (κ2) is 10.7. The Morgan fingerprint density at radius 3 is 2.06 bits per heavy atom. The average molecular weight is 644 g/mol. The Morgan fingerprint density at radius 2 is 1.14 bits per heavy atom. The molecule has 0 radical (unpaired) electrons. The van der Waals surface area contributed by atoms with Gasteiger partial charge in [0.15, 0.2) is 0 Å². The predicted octanol–water partition coefficient (Wildman–Crippen LogP) is 13.8. The van der Waals surface area contributed by atoms with Gasteiger partial charge in [0.05, 0.1) is 11.4 Å². The van der Waals surface area contributed by atoms with Crippen LogP contribution in [0.15, 0.2) is 164 Å². The molecule has 9 aromatic rings. The lowest BCUT2D eigenvalue weighted by Crippen LogP contribution is -2.15. The highest BCUT2D eigenvalue weighted by Crippen LogP contribution is 2.52. The van der Waals surface area contributed by atoms with Gasteiger partial charge < -0.3 is 4.90 Å². The quantitative estimate of drug-likeness (QED) is 0.184. The minimum atomic E-state index is -0.0511. The van der Waals surface area contributed by atoms with Crippen molar-refractivity contribution in [2.45, 2.75) is 19.3 Å². The number of nitrogens with zero attached hydrogens (tertiary/aromatic N) is 1. The maximum atomic E-state index is 2.50. The van der Waals surface area contributed by atoms with Crippen molar-refractivity contribution in [2.75, 3.05) is 4.90 Å². The van der Waals surface area contributed by atoms with Crippen LogP contribution in [0.5, 0.6) is 0 Å². The summed E-state index contributed by atoms with van der Waals surface area (Å²) in [6.45, 7) is 4.70. The van der Waals surface area contributed by atoms with E-state index in [2.05, 4.69) is 183 Å². The third-order valence-electron chi connectivity index (χ3n) is 10.6. The Labute approximate surface area is 290 Å². The molecule has 49 heavy (non-hydrogen) atoms. The number of fused-ring (bicyclic) bond motifs is 8. The van der Waals surface area contributed by atoms with E-state index in [9.17, 15) is 0 Å². The third-order valence-corrected chi connectivity index (χ3v) is 11.8. The van der Waals surface area contributed by atoms with Crippen LogP contribution in [0.2, 0.25) is 0 Å². The summed E-state index contributed by atoms with van der Waals surface area (Å²) in [7, 11) is 0. The minimum Gasteiger partial charge on any atom is -0.309 e. The van der Waals surface area contributed by atoms with Gasteiger partial charge in [-0.25, -0.2) is 0 Å². The molecule has 0 bridgehead atoms. The van der Waals surface area contributed by atoms with Crippen LogP contribution in [0.1, 0.15) is 25.0 Å². The van der Waals surface area contributed by atoms with Crippen molar-refractivity contribution in [2.24, 2.45) is 0 Å². The zero-order valence-electron chi connectivity index (χ0n) is 27.4. The van der Waals surface area contributed by atoms with Crippen LogP contribution in [-0.2, 0) is 5.41 Å². The summed E-state index contributed by atoms with van der Waals surface area (Å²) >= 11 is 1.88. The fraction of sp³-hybridized carbons (Fsp3) is 0.0638. The summed E-state index contributed by atoms with van der Waals surface area (Å²) in [5.41, 5.74) is 11.3. The van der Waals surface area contributed by atoms with Crippen LogP contribution in [0, 0.1) is 0 Å². The van der Waals surface area contributed by atoms with Gasteiger partial charge in [-0.1, -0.05) is 129 Å². The highest BCUT2D eigenvalue weighted by Gasteiger charge is 2.35. The molecule has 0 atom stereocenters. The number of hydrogen-bond acceptors (Lipinski definition) is 2. The van der Waals surface area contributed by atoms with Crippen LogP contribution in [-0.4, -0.2) is 0 Å². The fourth-order valence-corrected chi connectivity index (χ4v) is 9.33. The van der Waals surface area contributed by atoms with Gasteiger partial charge in [-0.15, -0.1) is 11.3 Å². The molecule has 232 valence electrons. The van der Waals surface area contributed by atoms with Crippen molar-refractivity contribution in [1.82, 2.24) is 0 Å². The Kier molecular flexibility index (Phi) is 6.16. The molecule has 1 nitrogen and oxygen atoms in total. The zero-order valence-corrected chi connectivity index (χ0v) is 28.3. The van der Waals surface area contributed by atoms with Crippen molar-refractivity contribution in [3.63, 3.8) is 0 Å². The van der Waals surface area contributed by atoms with E-state index in [0.717, 1.165) is 11.4 Å². The maximum absolute atomic E-state index is 2.50. The normalized spacial score (nSPS) is 13.3. The van der Waals surface area contributed by atoms with Crippen molar-refractivity contribution in [1.29, 1.82) is 0 Å². The van der Waals surface area contributed by atoms with Gasteiger partial charge in [0.2, 0.25) is 0 Å². The maximum Gasteiger partial charge on any atom is 0.0540 e. The summed E-state index contributed by atoms with van der Waals surface area (Å²) in [5, 5.41) is 7.64. The lowest BCUT2D eigenvalue weighted by molar-refractivity contribution is 0.660. The molecule has 0 saturated carbocycles. The summed E-state index contributed by atoms with van der Waals surface area (Å²) in [6, 6.07) is 60.8. The van der Waals surface area contributed by atoms with Crippen LogP contribution in [0.3, 0.4) is 0 Å². The summed E-state index contributed by atoms with van der Waals surface area (Å²) < 4.78 is 2.64. The number of anilines is 3. The second-order valence-corrected chi connectivity index (χ2v) is 14.8. The number of benzene rings is 8. The molecule has 1 heterocycles. The van der Waals surface area contributed by atoms with E-state index < -0.39 is 0 Å². The Bertz CT molecular complexity index is 2770. The van der Waals surface area contributed by atoms with Gasteiger partial charge in [0.25, 0.3) is 0 Å². The van der Waals surface area contributed by atoms with E-state index in [0.29, 0.717) is 0 Å². The molecule has 0 aliphatic heterocycles. The smallest absolute Gasteiger partial charge is 0.0540 e. The zero-order chi connectivity index (χ0) is 32.7. The molecule has 0 unspecified atom stereocenters. The van der Waals surface area contributed by atoms with E-state index in [4.69, 9.17) is 0 Å². The number of thiophene rings is 1. The first-order chi connectivity index (χ1) is 24.0. The van der Waals surface area contributed by atoms with Gasteiger partial charge in [-0.2, -0.15) is 0 Å². The molecular formula is C47H33NS. The average Bonchev–Trinajstić information content (AvgIpc) is 3.62. The molecule has 0 N–H and O–H groups in total. The number of hydrogen-bond donors (Lipinski definition) is 0. The van der Waals surface area contributed by atoms with Crippen LogP contribution in [0.25, 0.3) is 64.0 Å². The van der Waals surface area contributed by atoms with Crippen molar-refractivity contribution in [3.05, 3.63) is 175 Å². The molecule has 0 saturated heterocycles. The Hall–Kier alpha value is -5.70. The molecule has 0 fully saturated rings. The first-order valence-corrected chi connectivity index (χ1v) is 17.8. The van der Waals surface area contributed by atoms with Crippen molar-refractivity contribution >= 4 is 70.1 Å². The second-order valence-electron chi connectivity index (χ2n) is 13.8. The molecule has 8 aromatic carbocycles. The lowest BCUT2D eigenvalue weighted by Gasteiger charge is -2.30. The Morgan fingerprint density at radius 1 is 0.429 bits per heavy atom. The summed E-state index contributed by atoms with van der Waals surface area (Å²) in [5.74, 6) is 0. The van der Waals surface area contributed by atoms with Crippen LogP contribution >= 0.6 is 11.3 Å². The van der Waals surface area contributed by atoms with Crippen molar-refractivity contribution < 1.29 is 0 Å². The van der Waals surface area contributed by atoms with E-state index in [1.807, 2.05) is 11.3 Å². The lowest BCUT2D eigenvalue weighted by atomic mass is 9.82. The highest BCUT2D eigenvalue weighted by atomic mass is 32.1. The minimum absolute atomic E-state index is 0.0511. The molecule has 1 aromatic heterocycles. The summed E-state index contributed by atoms with van der Waals surface area (Å²) in [4.78, 5) is 2.50. The van der Waals surface area contributed by atoms with E-state index in [-0.39, 0.29) is 5.41 Å². The monoisotopic (exact) mass is 643 g/mol. The van der Waals surface area contributed by atoms with Gasteiger partial charge in [0, 0.05) is 42.2 Å². The first-order valence-electron chi connectivity index (χ1n) is 17.0. The molecule has 0 spiro atoms. The molecule has 2 heteroatoms. The highest BCUT2D eigenvalue weighted by molar-refractivity contribution is 7.25. The van der Waals surface area contributed by atoms with E-state index in [1.54, 1.807) is 0 Å². The van der Waals surface area contributed by atoms with Crippen molar-refractivity contribution in [3.8, 4) is 22.3 Å². The molecule has 10 rings (SSSR count). The van der Waals surface area contributed by atoms with Crippen LogP contribution in [0.4, 0.5) is 17.1 Å². The van der Waals surface area contributed by atoms with Crippen LogP contribution < -0.4 is 4.90 Å². The molecular weight excluding hydrogens is 611 g/mol. The van der Waals surface area contributed by atoms with Gasteiger partial charge >= 0.3 is 0 Å². The standard InChI is InChI=1S/C47H33NS/c1-47(2)41-18-8-5-16-36(41)39-28-34(24-25-42(39)47)48(43-19-9-6-15-35(43)33-23-22-30-12-3-4-13-31(30)26-33)44-20-11-14-32-27-40-37-17-7-10-21-45(37)49-46(40)29-38(32)44/h3-29H,1-2H3. The first kappa shape index (κ1) is 28.3. The van der Waals surface area contributed by atoms with Gasteiger partial charge in [0.1, 0.15) is 0 Å². The largest absolute Gasteiger partial charge is 0.309 e. The number of rotatable bonds is 4. The van der Waals surface area contributed by atoms with E-state index in [1.165, 1.54) is 80.8 Å². The molecule has 0 amide bonds. The Balaban J connectivity index is 1.26. The van der Waals surface area contributed by atoms with Gasteiger partial charge in [-0.3, -0.25) is 0 Å². The summed E-state index contributed by atoms with van der Waals surface area (Å²) in [6.07, 6.45) is 0. The number of para-hydroxylation sites is 1. The topological polar surface area (TPSA) is 3.24 Å². The van der Waals surface area contributed by atoms with E-state index >= 15 is 0 Å². The molecule has 1 aliphatic carbocycles. The van der Waals surface area contributed by atoms with Gasteiger partial charge in [-0.05, 0) is 92.5 Å². The predicted molar refractivity (Wildman–Crippen MR) is 212 cm³/mol. The SMILES string of the molecule is CC1(C)c2ccccc2-c2cc(N(c3ccccc3-c3ccc4ccccc4c3)c3cccc4cc5c(cc34)sc3ccccc35)ccc21. The molecule has 1 aliphatic rings. The fourth-order valence-electron chi connectivity index (χ4n) is 8.20.